The van der Waals surface area contributed by atoms with Gasteiger partial charge in [0.1, 0.15) is 28.8 Å². The van der Waals surface area contributed by atoms with Gasteiger partial charge in [0.2, 0.25) is 5.91 Å². The minimum atomic E-state index is -3.29. The number of alkyl carbamates (subject to hydrolysis) is 1. The van der Waals surface area contributed by atoms with Crippen LogP contribution in [0.4, 0.5) is 4.79 Å². The molecule has 0 aliphatic heterocycles. The summed E-state index contributed by atoms with van der Waals surface area (Å²) in [4.78, 5) is 36.3. The number of hydrogen-bond donors (Lipinski definition) is 2. The van der Waals surface area contributed by atoms with Gasteiger partial charge in [0.05, 0.1) is 11.8 Å². The van der Waals surface area contributed by atoms with Gasteiger partial charge in [-0.25, -0.2) is 13.2 Å². The van der Waals surface area contributed by atoms with Gasteiger partial charge in [-0.15, -0.1) is 0 Å². The third-order valence-corrected chi connectivity index (χ3v) is 5.37. The molecule has 0 fully saturated rings. The van der Waals surface area contributed by atoms with Crippen molar-refractivity contribution in [3.8, 4) is 0 Å². The Labute approximate surface area is 181 Å². The molecule has 0 saturated heterocycles. The minimum absolute atomic E-state index is 0.0394. The van der Waals surface area contributed by atoms with Crippen molar-refractivity contribution >= 4 is 28.1 Å². The van der Waals surface area contributed by atoms with Crippen LogP contribution in [0.2, 0.25) is 0 Å². The van der Waals surface area contributed by atoms with Gasteiger partial charge >= 0.3 is 6.09 Å². The number of carbonyl (C=O) groups is 3. The van der Waals surface area contributed by atoms with Gasteiger partial charge in [0.15, 0.2) is 0 Å². The Morgan fingerprint density at radius 2 is 1.55 bits per heavy atom. The summed E-state index contributed by atoms with van der Waals surface area (Å²) in [5.74, 6) is -0.849. The molecule has 0 heterocycles. The van der Waals surface area contributed by atoms with Crippen LogP contribution in [0, 0.1) is 0 Å². The molecule has 0 bridgehead atoms. The highest BCUT2D eigenvalue weighted by molar-refractivity contribution is 7.90. The molecule has 2 amide bonds. The molecule has 0 unspecified atom stereocenters. The van der Waals surface area contributed by atoms with Crippen molar-refractivity contribution in [2.45, 2.75) is 31.5 Å². The van der Waals surface area contributed by atoms with Crippen LogP contribution < -0.4 is 10.6 Å². The Hall–Kier alpha value is -3.20. The van der Waals surface area contributed by atoms with E-state index in [4.69, 9.17) is 4.74 Å². The molecule has 2 rings (SSSR count). The molecule has 0 radical (unpaired) electrons. The summed E-state index contributed by atoms with van der Waals surface area (Å²) in [6.07, 6.45) is 0.879. The van der Waals surface area contributed by atoms with Gasteiger partial charge < -0.3 is 20.2 Å². The quantitative estimate of drug-likeness (QED) is 0.507. The molecule has 166 valence electrons. The second-order valence-corrected chi connectivity index (χ2v) is 9.38. The van der Waals surface area contributed by atoms with E-state index >= 15 is 0 Å². The Kier molecular flexibility index (Phi) is 9.20. The molecular weight excluding hydrogens is 420 g/mol. The fraction of sp³-hybridized carbons (Fsp3) is 0.318. The lowest BCUT2D eigenvalue weighted by Gasteiger charge is -2.21. The fourth-order valence-electron chi connectivity index (χ4n) is 2.76. The number of amides is 2. The lowest BCUT2D eigenvalue weighted by molar-refractivity contribution is -0.125. The van der Waals surface area contributed by atoms with E-state index in [-0.39, 0.29) is 25.2 Å². The Balaban J connectivity index is 2.03. The van der Waals surface area contributed by atoms with Gasteiger partial charge in [0, 0.05) is 12.7 Å². The van der Waals surface area contributed by atoms with E-state index in [1.807, 2.05) is 24.3 Å². The van der Waals surface area contributed by atoms with Crippen molar-refractivity contribution < 1.29 is 27.5 Å². The first-order valence-electron chi connectivity index (χ1n) is 9.71. The van der Waals surface area contributed by atoms with Gasteiger partial charge in [-0.1, -0.05) is 60.7 Å². The topological polar surface area (TPSA) is 119 Å². The first-order valence-corrected chi connectivity index (χ1v) is 11.8. The van der Waals surface area contributed by atoms with E-state index in [9.17, 15) is 22.8 Å². The summed E-state index contributed by atoms with van der Waals surface area (Å²) in [6.45, 7) is 0.0394. The molecule has 0 aliphatic rings. The normalized spacial score (nSPS) is 12.9. The first kappa shape index (κ1) is 24.1. The van der Waals surface area contributed by atoms with Crippen molar-refractivity contribution in [3.05, 3.63) is 71.8 Å². The predicted molar refractivity (Wildman–Crippen MR) is 116 cm³/mol. The fourth-order valence-corrected chi connectivity index (χ4v) is 3.45. The van der Waals surface area contributed by atoms with Crippen molar-refractivity contribution in [1.82, 2.24) is 10.6 Å². The standard InChI is InChI=1S/C22H26N2O6S/c1-31(28,29)13-12-19(15-25)23-21(26)20(14-17-8-4-2-5-9-17)24-22(27)30-16-18-10-6-3-7-11-18/h2-11,15,19-20H,12-14,16H2,1H3,(H,23,26)(H,24,27)/t19-,20-/m0/s1. The minimum Gasteiger partial charge on any atom is -0.445 e. The van der Waals surface area contributed by atoms with Crippen LogP contribution in [0.15, 0.2) is 60.7 Å². The van der Waals surface area contributed by atoms with E-state index in [2.05, 4.69) is 10.6 Å². The summed E-state index contributed by atoms with van der Waals surface area (Å²) >= 11 is 0. The second kappa shape index (κ2) is 11.8. The number of carbonyl (C=O) groups excluding carboxylic acids is 3. The van der Waals surface area contributed by atoms with Gasteiger partial charge in [-0.3, -0.25) is 4.79 Å². The van der Waals surface area contributed by atoms with Crippen LogP contribution in [0.25, 0.3) is 0 Å². The highest BCUT2D eigenvalue weighted by Crippen LogP contribution is 2.06. The number of aldehydes is 1. The first-order chi connectivity index (χ1) is 14.8. The Morgan fingerprint density at radius 1 is 0.968 bits per heavy atom. The lowest BCUT2D eigenvalue weighted by Crippen LogP contribution is -2.51. The average molecular weight is 447 g/mol. The van der Waals surface area contributed by atoms with E-state index in [1.54, 1.807) is 36.4 Å². The number of sulfone groups is 1. The lowest BCUT2D eigenvalue weighted by atomic mass is 10.0. The zero-order chi connectivity index (χ0) is 22.7. The molecule has 2 aromatic rings. The Morgan fingerprint density at radius 3 is 2.10 bits per heavy atom. The van der Waals surface area contributed by atoms with Gasteiger partial charge in [0.25, 0.3) is 0 Å². The molecule has 2 N–H and O–H groups in total. The second-order valence-electron chi connectivity index (χ2n) is 7.12. The monoisotopic (exact) mass is 446 g/mol. The van der Waals surface area contributed by atoms with E-state index in [0.29, 0.717) is 6.29 Å². The van der Waals surface area contributed by atoms with Gasteiger partial charge in [-0.05, 0) is 17.5 Å². The molecule has 9 heteroatoms. The maximum absolute atomic E-state index is 12.8. The number of nitrogens with one attached hydrogen (secondary N) is 2. The maximum atomic E-state index is 12.8. The average Bonchev–Trinajstić information content (AvgIpc) is 2.75. The number of benzene rings is 2. The van der Waals surface area contributed by atoms with Crippen LogP contribution in [0.5, 0.6) is 0 Å². The van der Waals surface area contributed by atoms with Crippen molar-refractivity contribution in [2.75, 3.05) is 12.0 Å². The third-order valence-electron chi connectivity index (χ3n) is 4.40. The predicted octanol–water partition coefficient (Wildman–Crippen LogP) is 1.64. The maximum Gasteiger partial charge on any atom is 0.408 e. The van der Waals surface area contributed by atoms with Crippen molar-refractivity contribution in [2.24, 2.45) is 0 Å². The third kappa shape index (κ3) is 9.43. The molecular formula is C22H26N2O6S. The summed E-state index contributed by atoms with van der Waals surface area (Å²) in [6, 6.07) is 16.1. The SMILES string of the molecule is CS(=O)(=O)CC[C@@H](C=O)NC(=O)[C@H](Cc1ccccc1)NC(=O)OCc1ccccc1. The summed E-state index contributed by atoms with van der Waals surface area (Å²) < 4.78 is 27.9. The molecule has 0 spiro atoms. The smallest absolute Gasteiger partial charge is 0.408 e. The number of rotatable bonds is 11. The molecule has 2 atom stereocenters. The Bertz CT molecular complexity index is 964. The molecule has 31 heavy (non-hydrogen) atoms. The van der Waals surface area contributed by atoms with Crippen LogP contribution in [0.3, 0.4) is 0 Å². The molecule has 0 saturated carbocycles. The molecule has 0 aliphatic carbocycles. The zero-order valence-corrected chi connectivity index (χ0v) is 18.0. The van der Waals surface area contributed by atoms with E-state index in [0.717, 1.165) is 17.4 Å². The number of hydrogen-bond acceptors (Lipinski definition) is 6. The van der Waals surface area contributed by atoms with Crippen LogP contribution in [0.1, 0.15) is 17.5 Å². The molecule has 0 aromatic heterocycles. The summed E-state index contributed by atoms with van der Waals surface area (Å²) in [7, 11) is -3.29. The highest BCUT2D eigenvalue weighted by atomic mass is 32.2. The summed E-state index contributed by atoms with van der Waals surface area (Å²) in [5.41, 5.74) is 1.59. The van der Waals surface area contributed by atoms with Crippen LogP contribution >= 0.6 is 0 Å². The highest BCUT2D eigenvalue weighted by Gasteiger charge is 2.25. The molecule has 2 aromatic carbocycles. The van der Waals surface area contributed by atoms with Crippen LogP contribution in [-0.2, 0) is 37.2 Å². The number of ether oxygens (including phenoxy) is 1. The van der Waals surface area contributed by atoms with Crippen molar-refractivity contribution in [3.63, 3.8) is 0 Å². The van der Waals surface area contributed by atoms with Gasteiger partial charge in [-0.2, -0.15) is 0 Å². The summed E-state index contributed by atoms with van der Waals surface area (Å²) in [5, 5.41) is 5.03. The van der Waals surface area contributed by atoms with Crippen LogP contribution in [-0.4, -0.2) is 50.8 Å². The molecule has 8 nitrogen and oxygen atoms in total. The van der Waals surface area contributed by atoms with Crippen molar-refractivity contribution in [1.29, 1.82) is 0 Å². The van der Waals surface area contributed by atoms with E-state index < -0.39 is 33.9 Å². The largest absolute Gasteiger partial charge is 0.445 e. The van der Waals surface area contributed by atoms with E-state index in [1.165, 1.54) is 0 Å². The zero-order valence-electron chi connectivity index (χ0n) is 17.2.